The van der Waals surface area contributed by atoms with Crippen LogP contribution in [0.15, 0.2) is 12.1 Å². The van der Waals surface area contributed by atoms with Crippen molar-refractivity contribution in [3.63, 3.8) is 0 Å². The Kier molecular flexibility index (Phi) is 4.07. The third-order valence-corrected chi connectivity index (χ3v) is 4.42. The van der Waals surface area contributed by atoms with Crippen LogP contribution >= 0.6 is 0 Å². The second-order valence-corrected chi connectivity index (χ2v) is 6.49. The molecule has 0 saturated carbocycles. The minimum Gasteiger partial charge on any atom is -0.389 e. The van der Waals surface area contributed by atoms with E-state index in [0.717, 1.165) is 25.3 Å². The van der Waals surface area contributed by atoms with Crippen LogP contribution < -0.4 is 4.90 Å². The summed E-state index contributed by atoms with van der Waals surface area (Å²) in [4.78, 5) is 4.59. The Bertz CT molecular complexity index is 499. The Balaban J connectivity index is 2.40. The molecule has 1 unspecified atom stereocenters. The zero-order valence-electron chi connectivity index (χ0n) is 13.1. The molecule has 0 amide bonds. The summed E-state index contributed by atoms with van der Waals surface area (Å²) < 4.78 is 13.8. The van der Waals surface area contributed by atoms with E-state index in [-0.39, 0.29) is 11.4 Å². The molecule has 1 heterocycles. The molecule has 1 fully saturated rings. The van der Waals surface area contributed by atoms with Crippen LogP contribution in [0.25, 0.3) is 0 Å². The van der Waals surface area contributed by atoms with Crippen molar-refractivity contribution in [1.82, 2.24) is 4.90 Å². The van der Waals surface area contributed by atoms with Gasteiger partial charge in [0.1, 0.15) is 5.82 Å². The van der Waals surface area contributed by atoms with Crippen LogP contribution in [0.5, 0.6) is 0 Å². The van der Waals surface area contributed by atoms with Crippen molar-refractivity contribution in [3.8, 4) is 0 Å². The van der Waals surface area contributed by atoms with E-state index in [1.807, 2.05) is 6.07 Å². The van der Waals surface area contributed by atoms with Crippen molar-refractivity contribution in [2.24, 2.45) is 0 Å². The van der Waals surface area contributed by atoms with Gasteiger partial charge in [-0.15, -0.1) is 0 Å². The highest BCUT2D eigenvalue weighted by molar-refractivity contribution is 5.57. The lowest BCUT2D eigenvalue weighted by atomic mass is 9.97. The van der Waals surface area contributed by atoms with Crippen molar-refractivity contribution in [1.29, 1.82) is 0 Å². The first-order valence-electron chi connectivity index (χ1n) is 7.16. The zero-order chi connectivity index (χ0) is 15.1. The molecular weight excluding hydrogens is 255 g/mol. The first-order chi connectivity index (χ1) is 9.22. The summed E-state index contributed by atoms with van der Waals surface area (Å²) in [6, 6.07) is 3.33. The fraction of sp³-hybridized carbons (Fsp3) is 0.625. The molecule has 20 heavy (non-hydrogen) atoms. The van der Waals surface area contributed by atoms with Crippen LogP contribution in [-0.4, -0.2) is 42.2 Å². The number of benzene rings is 1. The van der Waals surface area contributed by atoms with Crippen molar-refractivity contribution >= 4 is 5.69 Å². The van der Waals surface area contributed by atoms with E-state index in [2.05, 4.69) is 30.7 Å². The van der Waals surface area contributed by atoms with Gasteiger partial charge in [-0.3, -0.25) is 4.90 Å². The van der Waals surface area contributed by atoms with E-state index in [0.29, 0.717) is 11.1 Å². The molecule has 112 valence electrons. The van der Waals surface area contributed by atoms with Gasteiger partial charge in [0.2, 0.25) is 0 Å². The summed E-state index contributed by atoms with van der Waals surface area (Å²) in [5.41, 5.74) is 2.32. The molecule has 1 aliphatic heterocycles. The Morgan fingerprint density at radius 3 is 2.50 bits per heavy atom. The highest BCUT2D eigenvalue weighted by Gasteiger charge is 2.32. The predicted molar refractivity (Wildman–Crippen MR) is 80.7 cm³/mol. The molecule has 1 aliphatic rings. The quantitative estimate of drug-likeness (QED) is 0.902. The number of halogens is 1. The third kappa shape index (κ3) is 2.81. The van der Waals surface area contributed by atoms with E-state index in [4.69, 9.17) is 0 Å². The summed E-state index contributed by atoms with van der Waals surface area (Å²) >= 11 is 0. The van der Waals surface area contributed by atoms with E-state index in [1.54, 1.807) is 13.8 Å². The smallest absolute Gasteiger partial charge is 0.126 e. The maximum Gasteiger partial charge on any atom is 0.126 e. The summed E-state index contributed by atoms with van der Waals surface area (Å²) in [6.45, 7) is 10.6. The Labute approximate surface area is 121 Å². The molecule has 0 radical (unpaired) electrons. The van der Waals surface area contributed by atoms with Gasteiger partial charge in [-0.25, -0.2) is 4.39 Å². The van der Waals surface area contributed by atoms with Crippen LogP contribution in [0, 0.1) is 12.7 Å². The number of aliphatic hydroxyl groups excluding tert-OH is 1. The normalized spacial score (nSPS) is 21.1. The van der Waals surface area contributed by atoms with E-state index in [1.165, 1.54) is 6.07 Å². The fourth-order valence-electron chi connectivity index (χ4n) is 2.74. The predicted octanol–water partition coefficient (Wildman–Crippen LogP) is 2.72. The average Bonchev–Trinajstić information content (AvgIpc) is 2.35. The van der Waals surface area contributed by atoms with Gasteiger partial charge in [0.05, 0.1) is 6.10 Å². The molecule has 1 atom stereocenters. The number of rotatable bonds is 2. The van der Waals surface area contributed by atoms with Gasteiger partial charge in [0.15, 0.2) is 0 Å². The van der Waals surface area contributed by atoms with Crippen molar-refractivity contribution in [3.05, 3.63) is 29.1 Å². The molecule has 1 saturated heterocycles. The zero-order valence-corrected chi connectivity index (χ0v) is 13.1. The number of piperazine rings is 1. The first-order valence-corrected chi connectivity index (χ1v) is 7.16. The van der Waals surface area contributed by atoms with E-state index in [9.17, 15) is 9.50 Å². The SMILES string of the molecule is Cc1cc(N2CCN(C)C(C)(C)C2)c(C(C)O)cc1F. The number of hydrogen-bond acceptors (Lipinski definition) is 3. The number of likely N-dealkylation sites (N-methyl/N-ethyl adjacent to an activating group) is 1. The maximum atomic E-state index is 13.8. The Hall–Kier alpha value is -1.13. The maximum absolute atomic E-state index is 13.8. The molecule has 0 spiro atoms. The number of aliphatic hydroxyl groups is 1. The van der Waals surface area contributed by atoms with Crippen molar-refractivity contribution < 1.29 is 9.50 Å². The highest BCUT2D eigenvalue weighted by Crippen LogP contribution is 2.32. The summed E-state index contributed by atoms with van der Waals surface area (Å²) in [5.74, 6) is -0.252. The van der Waals surface area contributed by atoms with Crippen LogP contribution in [-0.2, 0) is 0 Å². The summed E-state index contributed by atoms with van der Waals surface area (Å²) in [6.07, 6.45) is -0.664. The summed E-state index contributed by atoms with van der Waals surface area (Å²) in [7, 11) is 2.13. The standard InChI is InChI=1S/C16H25FN2O/c1-11-8-15(13(12(2)20)9-14(11)17)19-7-6-18(5)16(3,4)10-19/h8-9,12,20H,6-7,10H2,1-5H3. The van der Waals surface area contributed by atoms with Crippen molar-refractivity contribution in [2.75, 3.05) is 31.6 Å². The second-order valence-electron chi connectivity index (χ2n) is 6.49. The summed E-state index contributed by atoms with van der Waals surface area (Å²) in [5, 5.41) is 9.93. The van der Waals surface area contributed by atoms with Gasteiger partial charge in [-0.1, -0.05) is 0 Å². The molecular formula is C16H25FN2O. The fourth-order valence-corrected chi connectivity index (χ4v) is 2.74. The third-order valence-electron chi connectivity index (χ3n) is 4.42. The number of nitrogens with zero attached hydrogens (tertiary/aromatic N) is 2. The average molecular weight is 280 g/mol. The molecule has 1 aromatic rings. The molecule has 2 rings (SSSR count). The van der Waals surface area contributed by atoms with Gasteiger partial charge in [0, 0.05) is 36.4 Å². The van der Waals surface area contributed by atoms with Crippen molar-refractivity contribution in [2.45, 2.75) is 39.3 Å². The van der Waals surface area contributed by atoms with Gasteiger partial charge in [-0.05, 0) is 52.4 Å². The molecule has 0 aromatic heterocycles. The van der Waals surface area contributed by atoms with Crippen LogP contribution in [0.3, 0.4) is 0 Å². The molecule has 1 aromatic carbocycles. The molecule has 3 nitrogen and oxygen atoms in total. The number of aryl methyl sites for hydroxylation is 1. The monoisotopic (exact) mass is 280 g/mol. The van der Waals surface area contributed by atoms with Gasteiger partial charge in [-0.2, -0.15) is 0 Å². The van der Waals surface area contributed by atoms with Crippen LogP contribution in [0.2, 0.25) is 0 Å². The molecule has 1 N–H and O–H groups in total. The van der Waals surface area contributed by atoms with Gasteiger partial charge < -0.3 is 10.0 Å². The Morgan fingerprint density at radius 2 is 1.95 bits per heavy atom. The minimum absolute atomic E-state index is 0.0660. The Morgan fingerprint density at radius 1 is 1.30 bits per heavy atom. The molecule has 4 heteroatoms. The molecule has 0 aliphatic carbocycles. The van der Waals surface area contributed by atoms with Gasteiger partial charge in [0.25, 0.3) is 0 Å². The number of hydrogen-bond donors (Lipinski definition) is 1. The second kappa shape index (κ2) is 5.34. The first kappa shape index (κ1) is 15.3. The van der Waals surface area contributed by atoms with Crippen LogP contribution in [0.1, 0.15) is 38.0 Å². The number of anilines is 1. The highest BCUT2D eigenvalue weighted by atomic mass is 19.1. The lowest BCUT2D eigenvalue weighted by molar-refractivity contribution is 0.138. The van der Waals surface area contributed by atoms with Crippen LogP contribution in [0.4, 0.5) is 10.1 Å². The lowest BCUT2D eigenvalue weighted by Crippen LogP contribution is -2.57. The van der Waals surface area contributed by atoms with E-state index >= 15 is 0 Å². The largest absolute Gasteiger partial charge is 0.389 e. The van der Waals surface area contributed by atoms with Gasteiger partial charge >= 0.3 is 0 Å². The molecule has 0 bridgehead atoms. The van der Waals surface area contributed by atoms with E-state index < -0.39 is 6.10 Å². The minimum atomic E-state index is -0.664. The lowest BCUT2D eigenvalue weighted by Gasteiger charge is -2.47. The topological polar surface area (TPSA) is 26.7 Å².